The second kappa shape index (κ2) is 6.80. The van der Waals surface area contributed by atoms with Crippen molar-refractivity contribution in [1.29, 1.82) is 5.26 Å². The molecule has 0 radical (unpaired) electrons. The summed E-state index contributed by atoms with van der Waals surface area (Å²) in [4.78, 5) is 21.8. The van der Waals surface area contributed by atoms with Gasteiger partial charge in [0.2, 0.25) is 0 Å². The first-order valence-corrected chi connectivity index (χ1v) is 7.38. The van der Waals surface area contributed by atoms with Crippen molar-refractivity contribution in [3.05, 3.63) is 48.4 Å². The number of alkyl halides is 3. The fraction of sp³-hybridized carbons (Fsp3) is 0.0588. The summed E-state index contributed by atoms with van der Waals surface area (Å²) in [7, 11) is 0. The number of hydrogen-bond acceptors (Lipinski definition) is 6. The van der Waals surface area contributed by atoms with Crippen molar-refractivity contribution in [3.63, 3.8) is 0 Å². The van der Waals surface area contributed by atoms with Gasteiger partial charge in [-0.05, 0) is 30.3 Å². The first kappa shape index (κ1) is 17.9. The van der Waals surface area contributed by atoms with Gasteiger partial charge >= 0.3 is 12.1 Å². The number of nitriles is 1. The molecule has 27 heavy (non-hydrogen) atoms. The highest BCUT2D eigenvalue weighted by molar-refractivity contribution is 5.79. The number of nitrogens with one attached hydrogen (secondary N) is 1. The summed E-state index contributed by atoms with van der Waals surface area (Å²) in [5.74, 6) is -2.58. The zero-order chi connectivity index (χ0) is 19.6. The second-order valence-corrected chi connectivity index (χ2v) is 5.30. The van der Waals surface area contributed by atoms with Crippen LogP contribution in [0, 0.1) is 11.3 Å². The highest BCUT2D eigenvalue weighted by Gasteiger charge is 2.41. The van der Waals surface area contributed by atoms with E-state index in [0.717, 1.165) is 0 Å². The number of H-pyrrole nitrogens is 1. The van der Waals surface area contributed by atoms with E-state index in [1.807, 2.05) is 6.07 Å². The predicted octanol–water partition coefficient (Wildman–Crippen LogP) is 3.06. The molecule has 0 atom stereocenters. The van der Waals surface area contributed by atoms with E-state index < -0.39 is 12.1 Å². The van der Waals surface area contributed by atoms with E-state index in [0.29, 0.717) is 22.5 Å². The fourth-order valence-electron chi connectivity index (χ4n) is 2.30. The fourth-order valence-corrected chi connectivity index (χ4v) is 2.30. The molecule has 2 heterocycles. The Morgan fingerprint density at radius 1 is 1.26 bits per heavy atom. The van der Waals surface area contributed by atoms with Gasteiger partial charge in [-0.15, -0.1) is 0 Å². The zero-order valence-electron chi connectivity index (χ0n) is 13.4. The lowest BCUT2D eigenvalue weighted by Crippen LogP contribution is -2.27. The average molecular weight is 373 g/mol. The third kappa shape index (κ3) is 3.72. The number of rotatable bonds is 3. The minimum absolute atomic E-state index is 0.00724. The molecule has 0 spiro atoms. The molecule has 0 fully saturated rings. The van der Waals surface area contributed by atoms with Crippen LogP contribution in [-0.4, -0.2) is 27.1 Å². The van der Waals surface area contributed by atoms with Gasteiger partial charge in [0.25, 0.3) is 0 Å². The Morgan fingerprint density at radius 2 is 1.96 bits per heavy atom. The van der Waals surface area contributed by atoms with Crippen LogP contribution in [0.4, 0.5) is 19.0 Å². The standard InChI is InChI=1S/C17H10F3N5O2/c18-17(19,20)16(26)27-10-3-1-9(2-4-10)13-5-11(14-7-23-8-24-14)12(6-21)15(22)25-13/h1-5,7-8H,(H2,22,25)(H,23,24). The van der Waals surface area contributed by atoms with Gasteiger partial charge < -0.3 is 15.5 Å². The quantitative estimate of drug-likeness (QED) is 0.538. The number of carbonyl (C=O) groups excluding carboxylic acids is 1. The Labute approximate surface area is 150 Å². The molecule has 3 aromatic rings. The summed E-state index contributed by atoms with van der Waals surface area (Å²) in [6.07, 6.45) is -2.13. The molecule has 0 aliphatic carbocycles. The number of pyridine rings is 1. The predicted molar refractivity (Wildman–Crippen MR) is 88.1 cm³/mol. The number of nitrogens with zero attached hydrogens (tertiary/aromatic N) is 3. The summed E-state index contributed by atoms with van der Waals surface area (Å²) in [5, 5.41) is 9.30. The second-order valence-electron chi connectivity index (χ2n) is 5.30. The molecule has 10 heteroatoms. The maximum atomic E-state index is 12.2. The van der Waals surface area contributed by atoms with Gasteiger partial charge in [-0.25, -0.2) is 14.8 Å². The molecule has 136 valence electrons. The number of halogens is 3. The van der Waals surface area contributed by atoms with Crippen LogP contribution in [0.25, 0.3) is 22.5 Å². The van der Waals surface area contributed by atoms with Gasteiger partial charge in [-0.3, -0.25) is 0 Å². The van der Waals surface area contributed by atoms with Crippen molar-refractivity contribution in [2.24, 2.45) is 0 Å². The molecule has 7 nitrogen and oxygen atoms in total. The van der Waals surface area contributed by atoms with Crippen LogP contribution in [0.5, 0.6) is 5.75 Å². The Bertz CT molecular complexity index is 1020. The van der Waals surface area contributed by atoms with Crippen LogP contribution in [0.3, 0.4) is 0 Å². The van der Waals surface area contributed by atoms with E-state index >= 15 is 0 Å². The number of anilines is 1. The lowest BCUT2D eigenvalue weighted by atomic mass is 10.0. The van der Waals surface area contributed by atoms with Gasteiger partial charge in [0.05, 0.1) is 23.9 Å². The number of imidazole rings is 1. The maximum Gasteiger partial charge on any atom is 0.491 e. The molecule has 3 rings (SSSR count). The summed E-state index contributed by atoms with van der Waals surface area (Å²) < 4.78 is 41.0. The molecule has 0 aliphatic heterocycles. The third-order valence-corrected chi connectivity index (χ3v) is 3.54. The average Bonchev–Trinajstić information content (AvgIpc) is 3.15. The van der Waals surface area contributed by atoms with Crippen molar-refractivity contribution < 1.29 is 22.7 Å². The molecule has 3 N–H and O–H groups in total. The number of hydrogen-bond donors (Lipinski definition) is 2. The third-order valence-electron chi connectivity index (χ3n) is 3.54. The van der Waals surface area contributed by atoms with Gasteiger partial charge in [-0.1, -0.05) is 0 Å². The van der Waals surface area contributed by atoms with Crippen LogP contribution < -0.4 is 10.5 Å². The van der Waals surface area contributed by atoms with Crippen LogP contribution >= 0.6 is 0 Å². The largest absolute Gasteiger partial charge is 0.491 e. The van der Waals surface area contributed by atoms with Crippen LogP contribution in [0.15, 0.2) is 42.9 Å². The van der Waals surface area contributed by atoms with Crippen LogP contribution in [0.1, 0.15) is 5.56 Å². The van der Waals surface area contributed by atoms with Crippen molar-refractivity contribution in [3.8, 4) is 34.3 Å². The molecular formula is C17H10F3N5O2. The summed E-state index contributed by atoms with van der Waals surface area (Å²) in [6, 6.07) is 8.81. The molecule has 0 saturated carbocycles. The molecule has 0 bridgehead atoms. The topological polar surface area (TPSA) is 118 Å². The number of aromatic nitrogens is 3. The summed E-state index contributed by atoms with van der Waals surface area (Å²) in [5.41, 5.74) is 7.93. The van der Waals surface area contributed by atoms with Gasteiger partial charge in [0, 0.05) is 11.1 Å². The van der Waals surface area contributed by atoms with Crippen LogP contribution in [0.2, 0.25) is 0 Å². The SMILES string of the molecule is N#Cc1c(-c2cnc[nH]2)cc(-c2ccc(OC(=O)C(F)(F)F)cc2)nc1N. The number of ether oxygens (including phenoxy) is 1. The smallest absolute Gasteiger partial charge is 0.420 e. The number of nitrogen functional groups attached to an aromatic ring is 1. The van der Waals surface area contributed by atoms with Gasteiger partial charge in [-0.2, -0.15) is 18.4 Å². The van der Waals surface area contributed by atoms with Gasteiger partial charge in [0.15, 0.2) is 0 Å². The molecule has 0 aliphatic rings. The number of aromatic amines is 1. The summed E-state index contributed by atoms with van der Waals surface area (Å²) >= 11 is 0. The first-order valence-electron chi connectivity index (χ1n) is 7.38. The van der Waals surface area contributed by atoms with Crippen molar-refractivity contribution in [1.82, 2.24) is 15.0 Å². The number of esters is 1. The van der Waals surface area contributed by atoms with Crippen molar-refractivity contribution in [2.75, 3.05) is 5.73 Å². The lowest BCUT2D eigenvalue weighted by Gasteiger charge is -2.10. The Balaban J connectivity index is 1.95. The summed E-state index contributed by atoms with van der Waals surface area (Å²) in [6.45, 7) is 0. The molecular weight excluding hydrogens is 363 g/mol. The first-order chi connectivity index (χ1) is 12.8. The Kier molecular flexibility index (Phi) is 4.51. The lowest BCUT2D eigenvalue weighted by molar-refractivity contribution is -0.189. The number of carbonyl (C=O) groups is 1. The molecule has 0 saturated heterocycles. The van der Waals surface area contributed by atoms with E-state index in [2.05, 4.69) is 19.7 Å². The highest BCUT2D eigenvalue weighted by atomic mass is 19.4. The zero-order valence-corrected chi connectivity index (χ0v) is 13.4. The molecule has 2 aromatic heterocycles. The van der Waals surface area contributed by atoms with Crippen molar-refractivity contribution in [2.45, 2.75) is 6.18 Å². The highest BCUT2D eigenvalue weighted by Crippen LogP contribution is 2.31. The minimum atomic E-state index is -5.08. The van der Waals surface area contributed by atoms with E-state index in [-0.39, 0.29) is 17.1 Å². The maximum absolute atomic E-state index is 12.2. The molecule has 1 aromatic carbocycles. The Morgan fingerprint density at radius 3 is 2.52 bits per heavy atom. The minimum Gasteiger partial charge on any atom is -0.420 e. The number of benzene rings is 1. The Hall–Kier alpha value is -3.87. The van der Waals surface area contributed by atoms with E-state index in [1.54, 1.807) is 6.07 Å². The van der Waals surface area contributed by atoms with E-state index in [1.165, 1.54) is 36.8 Å². The van der Waals surface area contributed by atoms with E-state index in [4.69, 9.17) is 5.73 Å². The molecule has 0 unspecified atom stereocenters. The van der Waals surface area contributed by atoms with Crippen molar-refractivity contribution >= 4 is 11.8 Å². The van der Waals surface area contributed by atoms with Gasteiger partial charge in [0.1, 0.15) is 23.2 Å². The van der Waals surface area contributed by atoms with Crippen LogP contribution in [-0.2, 0) is 4.79 Å². The van der Waals surface area contributed by atoms with E-state index in [9.17, 15) is 23.2 Å². The normalized spacial score (nSPS) is 11.0. The molecule has 0 amide bonds. The monoisotopic (exact) mass is 373 g/mol. The number of nitrogens with two attached hydrogens (primary N) is 1.